The molecule has 0 radical (unpaired) electrons. The molecule has 1 saturated heterocycles. The van der Waals surface area contributed by atoms with Gasteiger partial charge in [-0.25, -0.2) is 4.98 Å². The quantitative estimate of drug-likeness (QED) is 0.835. The van der Waals surface area contributed by atoms with E-state index in [1.165, 1.54) is 18.7 Å². The van der Waals surface area contributed by atoms with Crippen molar-refractivity contribution in [2.75, 3.05) is 13.1 Å². The van der Waals surface area contributed by atoms with Crippen molar-refractivity contribution in [2.45, 2.75) is 58.9 Å². The maximum absolute atomic E-state index is 12.7. The van der Waals surface area contributed by atoms with Gasteiger partial charge in [-0.15, -0.1) is 0 Å². The molecule has 130 valence electrons. The molecule has 0 bridgehead atoms. The SMILES string of the molecule is CCCCn1ccnc1C1CCN(C(=O)c2cc(C)oc2C)CC1. The molecule has 1 aliphatic heterocycles. The number of unbranched alkanes of at least 4 members (excludes halogenated alkanes) is 1. The van der Waals surface area contributed by atoms with Gasteiger partial charge >= 0.3 is 0 Å². The number of imidazole rings is 1. The number of hydrogen-bond acceptors (Lipinski definition) is 3. The van der Waals surface area contributed by atoms with Crippen molar-refractivity contribution in [2.24, 2.45) is 0 Å². The highest BCUT2D eigenvalue weighted by Crippen LogP contribution is 2.28. The van der Waals surface area contributed by atoms with Crippen LogP contribution in [0.3, 0.4) is 0 Å². The second-order valence-corrected chi connectivity index (χ2v) is 6.73. The minimum Gasteiger partial charge on any atom is -0.466 e. The number of rotatable bonds is 5. The van der Waals surface area contributed by atoms with Gasteiger partial charge in [0.15, 0.2) is 0 Å². The van der Waals surface area contributed by atoms with Crippen molar-refractivity contribution in [1.82, 2.24) is 14.5 Å². The number of nitrogens with zero attached hydrogens (tertiary/aromatic N) is 3. The highest BCUT2D eigenvalue weighted by Gasteiger charge is 2.28. The summed E-state index contributed by atoms with van der Waals surface area (Å²) in [5, 5.41) is 0. The van der Waals surface area contributed by atoms with Crippen LogP contribution in [-0.2, 0) is 6.54 Å². The normalized spacial score (nSPS) is 15.9. The molecule has 0 N–H and O–H groups in total. The van der Waals surface area contributed by atoms with E-state index in [0.29, 0.717) is 11.5 Å². The zero-order chi connectivity index (χ0) is 17.1. The van der Waals surface area contributed by atoms with Crippen LogP contribution in [0.4, 0.5) is 0 Å². The molecular weight excluding hydrogens is 302 g/mol. The molecule has 5 heteroatoms. The van der Waals surface area contributed by atoms with E-state index in [0.717, 1.165) is 44.0 Å². The molecule has 1 amide bonds. The summed E-state index contributed by atoms with van der Waals surface area (Å²) in [5.74, 6) is 3.24. The van der Waals surface area contributed by atoms with Crippen molar-refractivity contribution >= 4 is 5.91 Å². The van der Waals surface area contributed by atoms with Gasteiger partial charge in [-0.1, -0.05) is 13.3 Å². The Hall–Kier alpha value is -2.04. The predicted octanol–water partition coefficient (Wildman–Crippen LogP) is 3.91. The van der Waals surface area contributed by atoms with E-state index in [1.807, 2.05) is 31.0 Å². The van der Waals surface area contributed by atoms with E-state index in [9.17, 15) is 4.79 Å². The topological polar surface area (TPSA) is 51.3 Å². The molecular formula is C19H27N3O2. The van der Waals surface area contributed by atoms with Crippen LogP contribution in [0, 0.1) is 13.8 Å². The smallest absolute Gasteiger partial charge is 0.257 e. The molecule has 0 saturated carbocycles. The summed E-state index contributed by atoms with van der Waals surface area (Å²) >= 11 is 0. The summed E-state index contributed by atoms with van der Waals surface area (Å²) in [6, 6.07) is 1.85. The van der Waals surface area contributed by atoms with Crippen molar-refractivity contribution in [1.29, 1.82) is 0 Å². The fourth-order valence-electron chi connectivity index (χ4n) is 3.55. The number of likely N-dealkylation sites (tertiary alicyclic amines) is 1. The van der Waals surface area contributed by atoms with Crippen molar-refractivity contribution < 1.29 is 9.21 Å². The van der Waals surface area contributed by atoms with Gasteiger partial charge in [-0.05, 0) is 39.2 Å². The Kier molecular flexibility index (Phi) is 5.07. The first kappa shape index (κ1) is 16.8. The minimum absolute atomic E-state index is 0.0946. The van der Waals surface area contributed by atoms with Gasteiger partial charge in [0.25, 0.3) is 5.91 Å². The second-order valence-electron chi connectivity index (χ2n) is 6.73. The molecule has 5 nitrogen and oxygen atoms in total. The number of amides is 1. The number of hydrogen-bond donors (Lipinski definition) is 0. The maximum atomic E-state index is 12.7. The first-order chi connectivity index (χ1) is 11.6. The molecule has 0 atom stereocenters. The summed E-state index contributed by atoms with van der Waals surface area (Å²) in [6.45, 7) is 8.56. The maximum Gasteiger partial charge on any atom is 0.257 e. The number of carbonyl (C=O) groups excluding carboxylic acids is 1. The van der Waals surface area contributed by atoms with Gasteiger partial charge in [-0.2, -0.15) is 0 Å². The number of aryl methyl sites for hydroxylation is 3. The van der Waals surface area contributed by atoms with E-state index in [4.69, 9.17) is 4.42 Å². The molecule has 2 aromatic heterocycles. The summed E-state index contributed by atoms with van der Waals surface area (Å²) in [5.41, 5.74) is 0.704. The summed E-state index contributed by atoms with van der Waals surface area (Å²) in [4.78, 5) is 19.2. The van der Waals surface area contributed by atoms with Crippen LogP contribution in [0.5, 0.6) is 0 Å². The van der Waals surface area contributed by atoms with Gasteiger partial charge in [0.2, 0.25) is 0 Å². The van der Waals surface area contributed by atoms with E-state index >= 15 is 0 Å². The Morgan fingerprint density at radius 2 is 2.08 bits per heavy atom. The monoisotopic (exact) mass is 329 g/mol. The zero-order valence-electron chi connectivity index (χ0n) is 14.9. The third-order valence-electron chi connectivity index (χ3n) is 4.92. The van der Waals surface area contributed by atoms with Gasteiger partial charge in [0, 0.05) is 37.9 Å². The minimum atomic E-state index is 0.0946. The number of carbonyl (C=O) groups is 1. The average molecular weight is 329 g/mol. The Balaban J connectivity index is 1.63. The van der Waals surface area contributed by atoms with E-state index < -0.39 is 0 Å². The average Bonchev–Trinajstić information content (AvgIpc) is 3.18. The summed E-state index contributed by atoms with van der Waals surface area (Å²) in [6.07, 6.45) is 8.31. The standard InChI is InChI=1S/C19H27N3O2/c1-4-5-9-21-12-8-20-18(21)16-6-10-22(11-7-16)19(23)17-13-14(2)24-15(17)3/h8,12-13,16H,4-7,9-11H2,1-3H3. The number of furan rings is 1. The van der Waals surface area contributed by atoms with Crippen LogP contribution in [0.1, 0.15) is 66.2 Å². The zero-order valence-corrected chi connectivity index (χ0v) is 14.9. The summed E-state index contributed by atoms with van der Waals surface area (Å²) in [7, 11) is 0. The molecule has 3 rings (SSSR count). The first-order valence-electron chi connectivity index (χ1n) is 8.97. The van der Waals surface area contributed by atoms with Crippen LogP contribution in [0.15, 0.2) is 22.9 Å². The molecule has 0 spiro atoms. The molecule has 0 aromatic carbocycles. The van der Waals surface area contributed by atoms with Crippen LogP contribution in [0.2, 0.25) is 0 Å². The Morgan fingerprint density at radius 3 is 2.71 bits per heavy atom. The van der Waals surface area contributed by atoms with Gasteiger partial charge < -0.3 is 13.9 Å². The lowest BCUT2D eigenvalue weighted by molar-refractivity contribution is 0.0708. The van der Waals surface area contributed by atoms with Crippen LogP contribution in [-0.4, -0.2) is 33.4 Å². The van der Waals surface area contributed by atoms with E-state index in [-0.39, 0.29) is 5.91 Å². The van der Waals surface area contributed by atoms with Crippen LogP contribution >= 0.6 is 0 Å². The van der Waals surface area contributed by atoms with Gasteiger partial charge in [-0.3, -0.25) is 4.79 Å². The fraction of sp³-hybridized carbons (Fsp3) is 0.579. The van der Waals surface area contributed by atoms with Crippen LogP contribution < -0.4 is 0 Å². The third-order valence-corrected chi connectivity index (χ3v) is 4.92. The molecule has 2 aromatic rings. The van der Waals surface area contributed by atoms with E-state index in [1.54, 1.807) is 0 Å². The third kappa shape index (κ3) is 3.40. The lowest BCUT2D eigenvalue weighted by atomic mass is 9.95. The molecule has 24 heavy (non-hydrogen) atoms. The predicted molar refractivity (Wildman–Crippen MR) is 93.2 cm³/mol. The molecule has 3 heterocycles. The van der Waals surface area contributed by atoms with Crippen molar-refractivity contribution in [3.8, 4) is 0 Å². The largest absolute Gasteiger partial charge is 0.466 e. The fourth-order valence-corrected chi connectivity index (χ4v) is 3.55. The highest BCUT2D eigenvalue weighted by molar-refractivity contribution is 5.95. The molecule has 1 aliphatic rings. The van der Waals surface area contributed by atoms with E-state index in [2.05, 4.69) is 22.7 Å². The van der Waals surface area contributed by atoms with Crippen molar-refractivity contribution in [3.63, 3.8) is 0 Å². The summed E-state index contributed by atoms with van der Waals surface area (Å²) < 4.78 is 7.79. The lowest BCUT2D eigenvalue weighted by Crippen LogP contribution is -2.38. The molecule has 0 unspecified atom stereocenters. The second kappa shape index (κ2) is 7.24. The number of piperidine rings is 1. The number of aromatic nitrogens is 2. The van der Waals surface area contributed by atoms with Crippen LogP contribution in [0.25, 0.3) is 0 Å². The molecule has 1 fully saturated rings. The van der Waals surface area contributed by atoms with Gasteiger partial charge in [0.05, 0.1) is 5.56 Å². The first-order valence-corrected chi connectivity index (χ1v) is 8.97. The highest BCUT2D eigenvalue weighted by atomic mass is 16.3. The lowest BCUT2D eigenvalue weighted by Gasteiger charge is -2.32. The van der Waals surface area contributed by atoms with Crippen molar-refractivity contribution in [3.05, 3.63) is 41.4 Å². The Labute approximate surface area is 143 Å². The Bertz CT molecular complexity index is 693. The Morgan fingerprint density at radius 1 is 1.33 bits per heavy atom. The molecule has 0 aliphatic carbocycles. The van der Waals surface area contributed by atoms with Gasteiger partial charge in [0.1, 0.15) is 17.3 Å².